The SMILES string of the molecule is CC1(C)Cc2cccc(CNCc3ccco3)c2O1. The maximum atomic E-state index is 6.05. The third-order valence-corrected chi connectivity index (χ3v) is 3.37. The first-order valence-electron chi connectivity index (χ1n) is 6.67. The summed E-state index contributed by atoms with van der Waals surface area (Å²) in [6.45, 7) is 5.79. The van der Waals surface area contributed by atoms with Gasteiger partial charge in [0.05, 0.1) is 12.8 Å². The van der Waals surface area contributed by atoms with Crippen LogP contribution in [0.1, 0.15) is 30.7 Å². The highest BCUT2D eigenvalue weighted by Crippen LogP contribution is 2.37. The number of rotatable bonds is 4. The third kappa shape index (κ3) is 2.66. The Labute approximate surface area is 113 Å². The van der Waals surface area contributed by atoms with Gasteiger partial charge in [-0.15, -0.1) is 0 Å². The highest BCUT2D eigenvalue weighted by Gasteiger charge is 2.31. The van der Waals surface area contributed by atoms with Crippen LogP contribution in [0.4, 0.5) is 0 Å². The van der Waals surface area contributed by atoms with Gasteiger partial charge in [0, 0.05) is 18.5 Å². The second-order valence-corrected chi connectivity index (χ2v) is 5.63. The summed E-state index contributed by atoms with van der Waals surface area (Å²) in [5.41, 5.74) is 2.44. The number of benzene rings is 1. The Kier molecular flexibility index (Phi) is 3.07. The van der Waals surface area contributed by atoms with Crippen molar-refractivity contribution in [1.29, 1.82) is 0 Å². The highest BCUT2D eigenvalue weighted by molar-refractivity contribution is 5.45. The van der Waals surface area contributed by atoms with Crippen molar-refractivity contribution in [3.63, 3.8) is 0 Å². The van der Waals surface area contributed by atoms with Gasteiger partial charge in [-0.2, -0.15) is 0 Å². The Balaban J connectivity index is 1.68. The van der Waals surface area contributed by atoms with Crippen molar-refractivity contribution in [2.45, 2.75) is 39.0 Å². The number of fused-ring (bicyclic) bond motifs is 1. The van der Waals surface area contributed by atoms with Gasteiger partial charge in [0.1, 0.15) is 17.1 Å². The van der Waals surface area contributed by atoms with Gasteiger partial charge in [-0.05, 0) is 31.5 Å². The summed E-state index contributed by atoms with van der Waals surface area (Å²) in [5.74, 6) is 2.01. The standard InChI is InChI=1S/C16H19NO2/c1-16(2)9-12-5-3-6-13(15(12)19-16)10-17-11-14-7-4-8-18-14/h3-8,17H,9-11H2,1-2H3. The minimum absolute atomic E-state index is 0.0839. The molecule has 1 aliphatic heterocycles. The summed E-state index contributed by atoms with van der Waals surface area (Å²) in [6.07, 6.45) is 2.68. The molecule has 2 aromatic rings. The molecular weight excluding hydrogens is 238 g/mol. The molecule has 1 aromatic carbocycles. The molecule has 1 aliphatic rings. The van der Waals surface area contributed by atoms with Crippen molar-refractivity contribution in [3.8, 4) is 5.75 Å². The molecule has 0 saturated carbocycles. The van der Waals surface area contributed by atoms with E-state index in [-0.39, 0.29) is 5.60 Å². The molecule has 0 saturated heterocycles. The van der Waals surface area contributed by atoms with Crippen LogP contribution in [0.25, 0.3) is 0 Å². The van der Waals surface area contributed by atoms with Crippen LogP contribution in [0.5, 0.6) is 5.75 Å². The summed E-state index contributed by atoms with van der Waals surface area (Å²) >= 11 is 0. The van der Waals surface area contributed by atoms with E-state index in [1.165, 1.54) is 11.1 Å². The first-order chi connectivity index (χ1) is 9.14. The maximum absolute atomic E-state index is 6.05. The van der Waals surface area contributed by atoms with E-state index in [4.69, 9.17) is 9.15 Å². The second-order valence-electron chi connectivity index (χ2n) is 5.63. The van der Waals surface area contributed by atoms with E-state index in [9.17, 15) is 0 Å². The predicted molar refractivity (Wildman–Crippen MR) is 74.1 cm³/mol. The zero-order valence-electron chi connectivity index (χ0n) is 11.4. The van der Waals surface area contributed by atoms with Crippen molar-refractivity contribution in [1.82, 2.24) is 5.32 Å². The normalized spacial score (nSPS) is 16.1. The molecule has 19 heavy (non-hydrogen) atoms. The predicted octanol–water partition coefficient (Wildman–Crippen LogP) is 3.28. The van der Waals surface area contributed by atoms with Crippen LogP contribution < -0.4 is 10.1 Å². The van der Waals surface area contributed by atoms with Crippen LogP contribution in [0.15, 0.2) is 41.0 Å². The Morgan fingerprint density at radius 2 is 2.05 bits per heavy atom. The Morgan fingerprint density at radius 3 is 2.84 bits per heavy atom. The van der Waals surface area contributed by atoms with E-state index in [1.54, 1.807) is 6.26 Å². The van der Waals surface area contributed by atoms with Gasteiger partial charge < -0.3 is 14.5 Å². The maximum Gasteiger partial charge on any atom is 0.127 e. The van der Waals surface area contributed by atoms with E-state index in [0.717, 1.165) is 31.0 Å². The van der Waals surface area contributed by atoms with Gasteiger partial charge >= 0.3 is 0 Å². The summed E-state index contributed by atoms with van der Waals surface area (Å²) in [7, 11) is 0. The Hall–Kier alpha value is -1.74. The van der Waals surface area contributed by atoms with Crippen LogP contribution in [0.3, 0.4) is 0 Å². The number of hydrogen-bond acceptors (Lipinski definition) is 3. The summed E-state index contributed by atoms with van der Waals surface area (Å²) in [4.78, 5) is 0. The van der Waals surface area contributed by atoms with E-state index in [2.05, 4.69) is 37.4 Å². The zero-order valence-corrected chi connectivity index (χ0v) is 11.4. The van der Waals surface area contributed by atoms with E-state index in [1.807, 2.05) is 12.1 Å². The fourth-order valence-corrected chi connectivity index (χ4v) is 2.55. The van der Waals surface area contributed by atoms with Gasteiger partial charge in [-0.25, -0.2) is 0 Å². The van der Waals surface area contributed by atoms with Crippen molar-refractivity contribution in [2.24, 2.45) is 0 Å². The Bertz CT molecular complexity index is 558. The molecule has 0 radical (unpaired) electrons. The molecule has 3 nitrogen and oxygen atoms in total. The lowest BCUT2D eigenvalue weighted by molar-refractivity contribution is 0.137. The van der Waals surface area contributed by atoms with E-state index >= 15 is 0 Å². The molecular formula is C16H19NO2. The lowest BCUT2D eigenvalue weighted by atomic mass is 10.0. The quantitative estimate of drug-likeness (QED) is 0.912. The van der Waals surface area contributed by atoms with Gasteiger partial charge in [0.25, 0.3) is 0 Å². The van der Waals surface area contributed by atoms with Crippen LogP contribution in [-0.4, -0.2) is 5.60 Å². The molecule has 0 fully saturated rings. The molecule has 1 N–H and O–H groups in total. The fourth-order valence-electron chi connectivity index (χ4n) is 2.55. The van der Waals surface area contributed by atoms with Gasteiger partial charge in [-0.1, -0.05) is 18.2 Å². The first-order valence-corrected chi connectivity index (χ1v) is 6.67. The molecule has 0 spiro atoms. The largest absolute Gasteiger partial charge is 0.487 e. The third-order valence-electron chi connectivity index (χ3n) is 3.37. The van der Waals surface area contributed by atoms with E-state index in [0.29, 0.717) is 0 Å². The average Bonchev–Trinajstić information content (AvgIpc) is 2.95. The lowest BCUT2D eigenvalue weighted by Crippen LogP contribution is -2.25. The van der Waals surface area contributed by atoms with Gasteiger partial charge in [0.2, 0.25) is 0 Å². The van der Waals surface area contributed by atoms with E-state index < -0.39 is 0 Å². The number of hydrogen-bond donors (Lipinski definition) is 1. The highest BCUT2D eigenvalue weighted by atomic mass is 16.5. The molecule has 3 heteroatoms. The van der Waals surface area contributed by atoms with Crippen molar-refractivity contribution >= 4 is 0 Å². The topological polar surface area (TPSA) is 34.4 Å². The summed E-state index contributed by atoms with van der Waals surface area (Å²) < 4.78 is 11.4. The average molecular weight is 257 g/mol. The molecule has 1 aromatic heterocycles. The first kappa shape index (κ1) is 12.3. The van der Waals surface area contributed by atoms with Crippen LogP contribution in [0.2, 0.25) is 0 Å². The lowest BCUT2D eigenvalue weighted by Gasteiger charge is -2.18. The van der Waals surface area contributed by atoms with Crippen LogP contribution >= 0.6 is 0 Å². The van der Waals surface area contributed by atoms with Crippen molar-refractivity contribution in [3.05, 3.63) is 53.5 Å². The zero-order chi connectivity index (χ0) is 13.3. The monoisotopic (exact) mass is 257 g/mol. The summed E-state index contributed by atoms with van der Waals surface area (Å²) in [5, 5.41) is 3.39. The molecule has 2 heterocycles. The molecule has 0 atom stereocenters. The Morgan fingerprint density at radius 1 is 1.16 bits per heavy atom. The minimum Gasteiger partial charge on any atom is -0.487 e. The number of nitrogens with one attached hydrogen (secondary N) is 1. The molecule has 0 amide bonds. The minimum atomic E-state index is -0.0839. The van der Waals surface area contributed by atoms with Crippen LogP contribution in [0, 0.1) is 0 Å². The van der Waals surface area contributed by atoms with Gasteiger partial charge in [-0.3, -0.25) is 0 Å². The number of furan rings is 1. The fraction of sp³-hybridized carbons (Fsp3) is 0.375. The van der Waals surface area contributed by atoms with Crippen LogP contribution in [-0.2, 0) is 19.5 Å². The smallest absolute Gasteiger partial charge is 0.127 e. The number of para-hydroxylation sites is 1. The molecule has 0 bridgehead atoms. The second kappa shape index (κ2) is 4.74. The summed E-state index contributed by atoms with van der Waals surface area (Å²) in [6, 6.07) is 10.3. The number of ether oxygens (including phenoxy) is 1. The molecule has 3 rings (SSSR count). The molecule has 100 valence electrons. The van der Waals surface area contributed by atoms with Gasteiger partial charge in [0.15, 0.2) is 0 Å². The van der Waals surface area contributed by atoms with Crippen molar-refractivity contribution in [2.75, 3.05) is 0 Å². The molecule has 0 unspecified atom stereocenters. The molecule has 0 aliphatic carbocycles. The van der Waals surface area contributed by atoms with Crippen molar-refractivity contribution < 1.29 is 9.15 Å².